The van der Waals surface area contributed by atoms with Gasteiger partial charge in [0.1, 0.15) is 0 Å². The van der Waals surface area contributed by atoms with Gasteiger partial charge in [-0.1, -0.05) is 65.2 Å². The molecule has 0 atom stereocenters. The Labute approximate surface area is 301 Å². The number of aliphatic imine (C=N–C) groups is 1. The minimum atomic E-state index is -0.165. The van der Waals surface area contributed by atoms with Gasteiger partial charge in [0.25, 0.3) is 0 Å². The van der Waals surface area contributed by atoms with E-state index < -0.39 is 0 Å². The van der Waals surface area contributed by atoms with Crippen LogP contribution in [0.2, 0.25) is 0 Å². The fraction of sp³-hybridized carbons (Fsp3) is 0.950. The van der Waals surface area contributed by atoms with Gasteiger partial charge in [0.05, 0.1) is 12.2 Å². The standard InChI is InChI=1S/C40H77N7O2/c1-11-13-25-44(31-27-37(3,4)46(38(5,6)28-31)48-33-21-17-15-18-22-33)35(41)43-36(42)45(26-14-12-2)32-29-39(7,8)47(40(9,10)30-32)49-34-23-19-16-20-24-34/h31-34H,11-30H2,1-10H3,(H3,41,42,43). The first-order chi connectivity index (χ1) is 23.0. The second kappa shape index (κ2) is 16.9. The summed E-state index contributed by atoms with van der Waals surface area (Å²) in [7, 11) is 0. The van der Waals surface area contributed by atoms with Crippen LogP contribution in [0.3, 0.4) is 0 Å². The van der Waals surface area contributed by atoms with Crippen molar-refractivity contribution in [3.8, 4) is 0 Å². The van der Waals surface area contributed by atoms with Crippen LogP contribution in [0.15, 0.2) is 4.99 Å². The smallest absolute Gasteiger partial charge is 0.221 e. The molecule has 2 saturated heterocycles. The Kier molecular flexibility index (Phi) is 14.0. The molecule has 2 aliphatic carbocycles. The third-order valence-electron chi connectivity index (χ3n) is 11.9. The fourth-order valence-electron chi connectivity index (χ4n) is 9.91. The summed E-state index contributed by atoms with van der Waals surface area (Å²) in [6.07, 6.45) is 21.0. The van der Waals surface area contributed by atoms with Gasteiger partial charge in [-0.2, -0.15) is 15.1 Å². The molecule has 0 radical (unpaired) electrons. The summed E-state index contributed by atoms with van der Waals surface area (Å²) in [5, 5.41) is 14.1. The van der Waals surface area contributed by atoms with Crippen molar-refractivity contribution in [3.05, 3.63) is 0 Å². The molecule has 3 N–H and O–H groups in total. The van der Waals surface area contributed by atoms with Crippen molar-refractivity contribution < 1.29 is 9.68 Å². The Hall–Kier alpha value is -1.42. The van der Waals surface area contributed by atoms with Gasteiger partial charge in [-0.25, -0.2) is 0 Å². The van der Waals surface area contributed by atoms with Crippen molar-refractivity contribution in [3.63, 3.8) is 0 Å². The molecule has 9 nitrogen and oxygen atoms in total. The molecule has 4 fully saturated rings. The number of nitrogens with one attached hydrogen (secondary N) is 1. The molecule has 4 rings (SSSR count). The zero-order chi connectivity index (χ0) is 36.0. The van der Waals surface area contributed by atoms with Gasteiger partial charge in [-0.05, 0) is 120 Å². The van der Waals surface area contributed by atoms with Crippen molar-refractivity contribution in [2.24, 2.45) is 10.7 Å². The van der Waals surface area contributed by atoms with E-state index in [0.717, 1.165) is 90.1 Å². The molecule has 0 aromatic carbocycles. The number of hydrogen-bond donors (Lipinski definition) is 2. The number of piperidine rings is 2. The van der Waals surface area contributed by atoms with Gasteiger partial charge in [0.2, 0.25) is 5.96 Å². The molecule has 4 aliphatic rings. The van der Waals surface area contributed by atoms with Crippen LogP contribution in [-0.4, -0.2) is 91.4 Å². The lowest BCUT2D eigenvalue weighted by Gasteiger charge is -2.57. The predicted molar refractivity (Wildman–Crippen MR) is 205 cm³/mol. The highest BCUT2D eigenvalue weighted by molar-refractivity contribution is 5.93. The zero-order valence-corrected chi connectivity index (χ0v) is 33.6. The second-order valence-corrected chi connectivity index (χ2v) is 18.6. The SMILES string of the molecule is CCCCN(C(=N)/N=C(\N)N(CCCC)C1CC(C)(C)N(OC2CCCCC2)C(C)(C)C1)C1CC(C)(C)N(OC2CCCCC2)C(C)(C)C1. The number of nitrogens with two attached hydrogens (primary N) is 1. The fourth-order valence-corrected chi connectivity index (χ4v) is 9.91. The Morgan fingerprint density at radius 3 is 1.35 bits per heavy atom. The first-order valence-corrected chi connectivity index (χ1v) is 20.4. The van der Waals surface area contributed by atoms with E-state index >= 15 is 0 Å². The molecule has 49 heavy (non-hydrogen) atoms. The number of unbranched alkanes of at least 4 members (excludes halogenated alkanes) is 2. The van der Waals surface area contributed by atoms with Crippen molar-refractivity contribution in [2.45, 2.75) is 231 Å². The molecular formula is C40H77N7O2. The lowest BCUT2D eigenvalue weighted by Crippen LogP contribution is -2.66. The van der Waals surface area contributed by atoms with E-state index in [-0.39, 0.29) is 34.2 Å². The minimum absolute atomic E-state index is 0.153. The topological polar surface area (TPSA) is 93.6 Å². The number of hydrogen-bond acceptors (Lipinski definition) is 5. The van der Waals surface area contributed by atoms with E-state index in [4.69, 9.17) is 20.4 Å². The maximum absolute atomic E-state index is 9.48. The Balaban J connectivity index is 1.54. The third-order valence-corrected chi connectivity index (χ3v) is 11.9. The maximum Gasteiger partial charge on any atom is 0.221 e. The molecule has 2 aliphatic heterocycles. The number of rotatable bonds is 12. The van der Waals surface area contributed by atoms with E-state index in [1.807, 2.05) is 0 Å². The molecule has 0 aromatic rings. The van der Waals surface area contributed by atoms with Crippen LogP contribution < -0.4 is 5.73 Å². The van der Waals surface area contributed by atoms with Gasteiger partial charge in [0, 0.05) is 47.3 Å². The number of guanidine groups is 2. The quantitative estimate of drug-likeness (QED) is 0.156. The highest BCUT2D eigenvalue weighted by Gasteiger charge is 2.51. The average molecular weight is 688 g/mol. The van der Waals surface area contributed by atoms with Crippen molar-refractivity contribution in [1.82, 2.24) is 19.9 Å². The summed E-state index contributed by atoms with van der Waals surface area (Å²) in [6, 6.07) is 0.412. The van der Waals surface area contributed by atoms with Crippen LogP contribution >= 0.6 is 0 Å². The van der Waals surface area contributed by atoms with Gasteiger partial charge >= 0.3 is 0 Å². The summed E-state index contributed by atoms with van der Waals surface area (Å²) in [5.41, 5.74) is 6.38. The molecule has 0 bridgehead atoms. The van der Waals surface area contributed by atoms with Crippen molar-refractivity contribution in [2.75, 3.05) is 13.1 Å². The number of hydroxylamine groups is 4. The molecule has 0 spiro atoms. The lowest BCUT2D eigenvalue weighted by atomic mass is 9.78. The van der Waals surface area contributed by atoms with E-state index in [2.05, 4.69) is 89.2 Å². The Bertz CT molecular complexity index is 1040. The zero-order valence-electron chi connectivity index (χ0n) is 33.6. The molecule has 2 heterocycles. The van der Waals surface area contributed by atoms with Gasteiger partial charge in [-0.15, -0.1) is 0 Å². The van der Waals surface area contributed by atoms with Crippen LogP contribution in [0.4, 0.5) is 0 Å². The second-order valence-electron chi connectivity index (χ2n) is 18.6. The molecule has 0 unspecified atom stereocenters. The van der Waals surface area contributed by atoms with Crippen molar-refractivity contribution in [1.29, 1.82) is 5.41 Å². The molecule has 2 saturated carbocycles. The average Bonchev–Trinajstić information content (AvgIpc) is 3.01. The van der Waals surface area contributed by atoms with Gasteiger partial charge in [-0.3, -0.25) is 15.1 Å². The van der Waals surface area contributed by atoms with Crippen LogP contribution in [0.25, 0.3) is 0 Å². The third kappa shape index (κ3) is 10.3. The van der Waals surface area contributed by atoms with E-state index in [9.17, 15) is 5.41 Å². The maximum atomic E-state index is 9.48. The van der Waals surface area contributed by atoms with Crippen LogP contribution in [0, 0.1) is 5.41 Å². The monoisotopic (exact) mass is 688 g/mol. The van der Waals surface area contributed by atoms with Crippen LogP contribution in [0.1, 0.15) is 185 Å². The Morgan fingerprint density at radius 2 is 0.980 bits per heavy atom. The van der Waals surface area contributed by atoms with Crippen LogP contribution in [0.5, 0.6) is 0 Å². The summed E-state index contributed by atoms with van der Waals surface area (Å²) in [6.45, 7) is 24.8. The van der Waals surface area contributed by atoms with Gasteiger partial charge in [0.15, 0.2) is 5.96 Å². The molecule has 0 aromatic heterocycles. The lowest BCUT2D eigenvalue weighted by molar-refractivity contribution is -0.313. The van der Waals surface area contributed by atoms with E-state index in [0.29, 0.717) is 24.1 Å². The summed E-state index contributed by atoms with van der Waals surface area (Å²) < 4.78 is 0. The molecular weight excluding hydrogens is 610 g/mol. The normalized spacial score (nSPS) is 26.1. The molecule has 9 heteroatoms. The summed E-state index contributed by atoms with van der Waals surface area (Å²) in [4.78, 5) is 23.2. The summed E-state index contributed by atoms with van der Waals surface area (Å²) in [5.74, 6) is 0.803. The van der Waals surface area contributed by atoms with Crippen LogP contribution in [-0.2, 0) is 9.68 Å². The Morgan fingerprint density at radius 1 is 0.633 bits per heavy atom. The largest absolute Gasteiger partial charge is 0.369 e. The predicted octanol–water partition coefficient (Wildman–Crippen LogP) is 9.01. The summed E-state index contributed by atoms with van der Waals surface area (Å²) >= 11 is 0. The minimum Gasteiger partial charge on any atom is -0.369 e. The first-order valence-electron chi connectivity index (χ1n) is 20.4. The molecule has 284 valence electrons. The highest BCUT2D eigenvalue weighted by Crippen LogP contribution is 2.44. The van der Waals surface area contributed by atoms with E-state index in [1.165, 1.54) is 38.5 Å². The van der Waals surface area contributed by atoms with E-state index in [1.54, 1.807) is 0 Å². The number of nitrogens with zero attached hydrogens (tertiary/aromatic N) is 5. The van der Waals surface area contributed by atoms with Crippen molar-refractivity contribution >= 4 is 11.9 Å². The highest BCUT2D eigenvalue weighted by atomic mass is 16.7. The van der Waals surface area contributed by atoms with Gasteiger partial charge < -0.3 is 15.5 Å². The first kappa shape index (κ1) is 40.4. The molecule has 0 amide bonds.